The molecule has 1 aromatic rings. The SMILES string of the molecule is CC1CCCN(Cc2ccc(Cl)c([N+](=O)[O-])c2)C1CN. The van der Waals surface area contributed by atoms with Crippen LogP contribution in [0.2, 0.25) is 5.02 Å². The smallest absolute Gasteiger partial charge is 0.288 e. The minimum atomic E-state index is -0.439. The summed E-state index contributed by atoms with van der Waals surface area (Å²) in [6, 6.07) is 5.36. The molecule has 0 aromatic heterocycles. The molecule has 0 bridgehead atoms. The zero-order valence-electron chi connectivity index (χ0n) is 11.6. The van der Waals surface area contributed by atoms with Crippen LogP contribution < -0.4 is 5.73 Å². The number of benzene rings is 1. The summed E-state index contributed by atoms with van der Waals surface area (Å²) in [5.74, 6) is 0.566. The van der Waals surface area contributed by atoms with Crippen LogP contribution in [0.4, 0.5) is 5.69 Å². The van der Waals surface area contributed by atoms with Crippen molar-refractivity contribution in [2.75, 3.05) is 13.1 Å². The van der Waals surface area contributed by atoms with Gasteiger partial charge in [-0.25, -0.2) is 0 Å². The Bertz CT molecular complexity index is 495. The average molecular weight is 298 g/mol. The Labute approximate surface area is 123 Å². The maximum Gasteiger partial charge on any atom is 0.288 e. The molecule has 1 heterocycles. The van der Waals surface area contributed by atoms with Gasteiger partial charge in [-0.05, 0) is 36.9 Å². The van der Waals surface area contributed by atoms with E-state index in [2.05, 4.69) is 11.8 Å². The molecule has 1 saturated heterocycles. The second-order valence-corrected chi connectivity index (χ2v) is 5.84. The van der Waals surface area contributed by atoms with Gasteiger partial charge < -0.3 is 5.73 Å². The summed E-state index contributed by atoms with van der Waals surface area (Å²) in [6.07, 6.45) is 2.34. The van der Waals surface area contributed by atoms with Crippen molar-refractivity contribution in [1.29, 1.82) is 0 Å². The summed E-state index contributed by atoms with van der Waals surface area (Å²) in [5.41, 5.74) is 6.75. The first-order valence-electron chi connectivity index (χ1n) is 6.90. The number of hydrogen-bond acceptors (Lipinski definition) is 4. The Morgan fingerprint density at radius 2 is 2.30 bits per heavy atom. The molecule has 2 rings (SSSR count). The van der Waals surface area contributed by atoms with Crippen molar-refractivity contribution in [2.24, 2.45) is 11.7 Å². The molecule has 6 heteroatoms. The molecule has 0 saturated carbocycles. The number of nitrogens with zero attached hydrogens (tertiary/aromatic N) is 2. The van der Waals surface area contributed by atoms with Gasteiger partial charge in [0.15, 0.2) is 0 Å². The minimum Gasteiger partial charge on any atom is -0.329 e. The van der Waals surface area contributed by atoms with E-state index in [1.54, 1.807) is 12.1 Å². The van der Waals surface area contributed by atoms with Gasteiger partial charge in [-0.1, -0.05) is 24.6 Å². The molecule has 5 nitrogen and oxygen atoms in total. The predicted octanol–water partition coefficient (Wildman–Crippen LogP) is 2.81. The fraction of sp³-hybridized carbons (Fsp3) is 0.571. The normalized spacial score (nSPS) is 23.8. The van der Waals surface area contributed by atoms with Crippen LogP contribution in [0.1, 0.15) is 25.3 Å². The second kappa shape index (κ2) is 6.52. The minimum absolute atomic E-state index is 0.0291. The molecular weight excluding hydrogens is 278 g/mol. The zero-order valence-corrected chi connectivity index (χ0v) is 12.3. The van der Waals surface area contributed by atoms with E-state index in [1.807, 2.05) is 6.07 Å². The highest BCUT2D eigenvalue weighted by atomic mass is 35.5. The third kappa shape index (κ3) is 3.29. The van der Waals surface area contributed by atoms with E-state index in [9.17, 15) is 10.1 Å². The molecule has 110 valence electrons. The average Bonchev–Trinajstić information content (AvgIpc) is 2.41. The number of rotatable bonds is 4. The third-order valence-corrected chi connectivity index (χ3v) is 4.38. The van der Waals surface area contributed by atoms with Crippen molar-refractivity contribution in [3.63, 3.8) is 0 Å². The lowest BCUT2D eigenvalue weighted by Gasteiger charge is -2.39. The second-order valence-electron chi connectivity index (χ2n) is 5.44. The fourth-order valence-electron chi connectivity index (χ4n) is 2.94. The molecule has 0 spiro atoms. The molecule has 0 aliphatic carbocycles. The number of nitrogens with two attached hydrogens (primary N) is 1. The molecule has 20 heavy (non-hydrogen) atoms. The van der Waals surface area contributed by atoms with Gasteiger partial charge in [0.1, 0.15) is 5.02 Å². The highest BCUT2D eigenvalue weighted by Gasteiger charge is 2.27. The maximum absolute atomic E-state index is 10.9. The molecule has 1 fully saturated rings. The van der Waals surface area contributed by atoms with E-state index in [0.29, 0.717) is 25.0 Å². The lowest BCUT2D eigenvalue weighted by Crippen LogP contribution is -2.47. The van der Waals surface area contributed by atoms with Crippen LogP contribution in [0.15, 0.2) is 18.2 Å². The van der Waals surface area contributed by atoms with Crippen LogP contribution in [-0.4, -0.2) is 29.0 Å². The van der Waals surface area contributed by atoms with Gasteiger partial charge in [-0.15, -0.1) is 0 Å². The van der Waals surface area contributed by atoms with Gasteiger partial charge >= 0.3 is 0 Å². The van der Waals surface area contributed by atoms with Crippen LogP contribution in [0.5, 0.6) is 0 Å². The number of halogens is 1. The predicted molar refractivity (Wildman–Crippen MR) is 79.8 cm³/mol. The van der Waals surface area contributed by atoms with Crippen molar-refractivity contribution in [2.45, 2.75) is 32.4 Å². The van der Waals surface area contributed by atoms with Crippen LogP contribution in [-0.2, 0) is 6.54 Å². The summed E-state index contributed by atoms with van der Waals surface area (Å²) in [4.78, 5) is 12.8. The van der Waals surface area contributed by atoms with E-state index < -0.39 is 4.92 Å². The fourth-order valence-corrected chi connectivity index (χ4v) is 3.13. The van der Waals surface area contributed by atoms with Crippen molar-refractivity contribution >= 4 is 17.3 Å². The highest BCUT2D eigenvalue weighted by Crippen LogP contribution is 2.28. The standard InChI is InChI=1S/C14H20ClN3O2/c1-10-3-2-6-17(14(10)8-16)9-11-4-5-12(15)13(7-11)18(19)20/h4-5,7,10,14H,2-3,6,8-9,16H2,1H3. The first-order chi connectivity index (χ1) is 9.52. The lowest BCUT2D eigenvalue weighted by molar-refractivity contribution is -0.384. The Hall–Kier alpha value is -1.17. The summed E-state index contributed by atoms with van der Waals surface area (Å²) in [6.45, 7) is 4.51. The van der Waals surface area contributed by atoms with E-state index in [4.69, 9.17) is 17.3 Å². The van der Waals surface area contributed by atoms with E-state index in [-0.39, 0.29) is 10.7 Å². The first-order valence-corrected chi connectivity index (χ1v) is 7.27. The molecule has 0 amide bonds. The van der Waals surface area contributed by atoms with Gasteiger partial charge in [-0.2, -0.15) is 0 Å². The molecule has 1 aromatic carbocycles. The topological polar surface area (TPSA) is 72.4 Å². The lowest BCUT2D eigenvalue weighted by atomic mass is 9.90. The molecule has 1 aliphatic heterocycles. The maximum atomic E-state index is 10.9. The van der Waals surface area contributed by atoms with Crippen LogP contribution in [0, 0.1) is 16.0 Å². The first kappa shape index (κ1) is 15.2. The van der Waals surface area contributed by atoms with Crippen molar-refractivity contribution in [1.82, 2.24) is 4.90 Å². The Morgan fingerprint density at radius 1 is 1.55 bits per heavy atom. The Balaban J connectivity index is 2.16. The molecule has 2 N–H and O–H groups in total. The quantitative estimate of drug-likeness (QED) is 0.685. The summed E-state index contributed by atoms with van der Waals surface area (Å²) < 4.78 is 0. The zero-order chi connectivity index (χ0) is 14.7. The van der Waals surface area contributed by atoms with E-state index >= 15 is 0 Å². The summed E-state index contributed by atoms with van der Waals surface area (Å²) >= 11 is 5.84. The Kier molecular flexibility index (Phi) is 4.96. The summed E-state index contributed by atoms with van der Waals surface area (Å²) in [7, 11) is 0. The third-order valence-electron chi connectivity index (χ3n) is 4.07. The van der Waals surface area contributed by atoms with Gasteiger partial charge in [0, 0.05) is 25.2 Å². The largest absolute Gasteiger partial charge is 0.329 e. The van der Waals surface area contributed by atoms with E-state index in [1.165, 1.54) is 6.42 Å². The van der Waals surface area contributed by atoms with Crippen molar-refractivity contribution < 1.29 is 4.92 Å². The van der Waals surface area contributed by atoms with Gasteiger partial charge in [0.25, 0.3) is 5.69 Å². The van der Waals surface area contributed by atoms with E-state index in [0.717, 1.165) is 18.5 Å². The van der Waals surface area contributed by atoms with Crippen molar-refractivity contribution in [3.8, 4) is 0 Å². The van der Waals surface area contributed by atoms with Crippen LogP contribution in [0.25, 0.3) is 0 Å². The molecule has 1 aliphatic rings. The summed E-state index contributed by atoms with van der Waals surface area (Å²) in [5, 5.41) is 11.1. The molecular formula is C14H20ClN3O2. The highest BCUT2D eigenvalue weighted by molar-refractivity contribution is 6.32. The van der Waals surface area contributed by atoms with Gasteiger partial charge in [0.2, 0.25) is 0 Å². The number of piperidine rings is 1. The number of hydrogen-bond donors (Lipinski definition) is 1. The molecule has 2 unspecified atom stereocenters. The monoisotopic (exact) mass is 297 g/mol. The number of nitro groups is 1. The van der Waals surface area contributed by atoms with Crippen LogP contribution >= 0.6 is 11.6 Å². The molecule has 2 atom stereocenters. The van der Waals surface area contributed by atoms with Gasteiger partial charge in [0.05, 0.1) is 4.92 Å². The number of likely N-dealkylation sites (tertiary alicyclic amines) is 1. The molecule has 0 radical (unpaired) electrons. The number of nitro benzene ring substituents is 1. The van der Waals surface area contributed by atoms with Gasteiger partial charge in [-0.3, -0.25) is 15.0 Å². The van der Waals surface area contributed by atoms with Crippen molar-refractivity contribution in [3.05, 3.63) is 38.9 Å². The Morgan fingerprint density at radius 3 is 2.95 bits per heavy atom. The van der Waals surface area contributed by atoms with Crippen LogP contribution in [0.3, 0.4) is 0 Å².